The number of anilines is 1. The Morgan fingerprint density at radius 1 is 1.33 bits per heavy atom. The van der Waals surface area contributed by atoms with Crippen LogP contribution < -0.4 is 5.32 Å². The molecule has 2 rings (SSSR count). The summed E-state index contributed by atoms with van der Waals surface area (Å²) in [7, 11) is 0. The molecule has 1 heteroatoms. The lowest BCUT2D eigenvalue weighted by molar-refractivity contribution is 0.274. The summed E-state index contributed by atoms with van der Waals surface area (Å²) in [5.41, 5.74) is 3.26. The minimum absolute atomic E-state index is 0.391. The van der Waals surface area contributed by atoms with Crippen molar-refractivity contribution >= 4 is 5.69 Å². The Hall–Kier alpha value is -0.980. The monoisotopic (exact) mass is 203 g/mol. The molecule has 0 saturated carbocycles. The maximum Gasteiger partial charge on any atom is 0.0378 e. The van der Waals surface area contributed by atoms with Gasteiger partial charge in [-0.15, -0.1) is 0 Å². The van der Waals surface area contributed by atoms with E-state index in [1.807, 2.05) is 0 Å². The highest BCUT2D eigenvalue weighted by atomic mass is 14.9. The van der Waals surface area contributed by atoms with Gasteiger partial charge in [-0.05, 0) is 30.4 Å². The summed E-state index contributed by atoms with van der Waals surface area (Å²) < 4.78 is 0. The molecule has 0 spiro atoms. The van der Waals surface area contributed by atoms with Gasteiger partial charge in [0.1, 0.15) is 0 Å². The summed E-state index contributed by atoms with van der Waals surface area (Å²) in [6, 6.07) is 8.79. The van der Waals surface area contributed by atoms with E-state index in [0.717, 1.165) is 6.54 Å². The maximum absolute atomic E-state index is 3.51. The van der Waals surface area contributed by atoms with Crippen molar-refractivity contribution in [2.45, 2.75) is 39.0 Å². The average Bonchev–Trinajstić information content (AvgIpc) is 2.28. The molecule has 1 aromatic carbocycles. The number of fused-ring (bicyclic) bond motifs is 1. The number of hydrogen-bond donors (Lipinski definition) is 1. The topological polar surface area (TPSA) is 12.0 Å². The first kappa shape index (κ1) is 10.5. The number of para-hydroxylation sites is 1. The van der Waals surface area contributed by atoms with E-state index in [2.05, 4.69) is 50.4 Å². The zero-order chi connectivity index (χ0) is 10.9. The maximum atomic E-state index is 3.51. The van der Waals surface area contributed by atoms with Gasteiger partial charge in [-0.1, -0.05) is 39.0 Å². The second kappa shape index (κ2) is 3.88. The van der Waals surface area contributed by atoms with Gasteiger partial charge in [-0.3, -0.25) is 0 Å². The molecule has 0 aromatic heterocycles. The molecule has 1 N–H and O–H groups in total. The first-order chi connectivity index (χ1) is 7.20. The first-order valence-corrected chi connectivity index (χ1v) is 6.04. The zero-order valence-corrected chi connectivity index (χ0v) is 10.0. The molecule has 1 heterocycles. The number of hydrogen-bond acceptors (Lipinski definition) is 1. The number of benzene rings is 1. The number of rotatable bonds is 2. The van der Waals surface area contributed by atoms with E-state index >= 15 is 0 Å². The predicted octanol–water partition coefficient (Wildman–Crippen LogP) is 3.81. The molecule has 1 aliphatic rings. The molecule has 82 valence electrons. The standard InChI is InChI=1S/C14H21N/c1-4-14(11(2)3)9-10-15-13-8-6-5-7-12(13)14/h5-8,11,15H,4,9-10H2,1-3H3. The van der Waals surface area contributed by atoms with Crippen LogP contribution in [0.2, 0.25) is 0 Å². The lowest BCUT2D eigenvalue weighted by atomic mass is 9.66. The summed E-state index contributed by atoms with van der Waals surface area (Å²) in [6.45, 7) is 8.14. The van der Waals surface area contributed by atoms with E-state index in [4.69, 9.17) is 0 Å². The Morgan fingerprint density at radius 2 is 2.07 bits per heavy atom. The molecule has 1 unspecified atom stereocenters. The van der Waals surface area contributed by atoms with Crippen LogP contribution in [0.1, 0.15) is 39.2 Å². The molecule has 1 atom stereocenters. The minimum Gasteiger partial charge on any atom is -0.385 e. The third-order valence-corrected chi connectivity index (χ3v) is 4.09. The Kier molecular flexibility index (Phi) is 2.72. The fourth-order valence-corrected chi connectivity index (χ4v) is 3.00. The van der Waals surface area contributed by atoms with Gasteiger partial charge in [-0.2, -0.15) is 0 Å². The summed E-state index contributed by atoms with van der Waals surface area (Å²) in [6.07, 6.45) is 2.50. The molecule has 0 saturated heterocycles. The van der Waals surface area contributed by atoms with Crippen LogP contribution in [0.4, 0.5) is 5.69 Å². The summed E-state index contributed by atoms with van der Waals surface area (Å²) in [4.78, 5) is 0. The van der Waals surface area contributed by atoms with Crippen LogP contribution in [0.25, 0.3) is 0 Å². The van der Waals surface area contributed by atoms with Gasteiger partial charge in [0, 0.05) is 17.6 Å². The van der Waals surface area contributed by atoms with Gasteiger partial charge in [0.2, 0.25) is 0 Å². The lowest BCUT2D eigenvalue weighted by Crippen LogP contribution is -2.38. The first-order valence-electron chi connectivity index (χ1n) is 6.04. The van der Waals surface area contributed by atoms with Crippen molar-refractivity contribution in [2.24, 2.45) is 5.92 Å². The van der Waals surface area contributed by atoms with Crippen LogP contribution in [0.3, 0.4) is 0 Å². The van der Waals surface area contributed by atoms with Crippen LogP contribution >= 0.6 is 0 Å². The van der Waals surface area contributed by atoms with Crippen molar-refractivity contribution in [1.29, 1.82) is 0 Å². The molecule has 0 bridgehead atoms. The second-order valence-corrected chi connectivity index (χ2v) is 4.89. The Bertz CT molecular complexity index is 343. The van der Waals surface area contributed by atoms with Crippen molar-refractivity contribution in [3.05, 3.63) is 29.8 Å². The Morgan fingerprint density at radius 3 is 2.73 bits per heavy atom. The van der Waals surface area contributed by atoms with Crippen LogP contribution in [0.5, 0.6) is 0 Å². The van der Waals surface area contributed by atoms with Gasteiger partial charge in [0.15, 0.2) is 0 Å². The highest BCUT2D eigenvalue weighted by Gasteiger charge is 2.37. The van der Waals surface area contributed by atoms with Crippen molar-refractivity contribution < 1.29 is 0 Å². The second-order valence-electron chi connectivity index (χ2n) is 4.89. The molecular weight excluding hydrogens is 182 g/mol. The third kappa shape index (κ3) is 1.54. The van der Waals surface area contributed by atoms with Crippen molar-refractivity contribution in [3.63, 3.8) is 0 Å². The van der Waals surface area contributed by atoms with Gasteiger partial charge in [0.05, 0.1) is 0 Å². The Labute approximate surface area is 92.9 Å². The van der Waals surface area contributed by atoms with E-state index < -0.39 is 0 Å². The summed E-state index contributed by atoms with van der Waals surface area (Å²) >= 11 is 0. The molecule has 1 aliphatic heterocycles. The van der Waals surface area contributed by atoms with E-state index in [9.17, 15) is 0 Å². The molecular formula is C14H21N. The highest BCUT2D eigenvalue weighted by Crippen LogP contribution is 2.44. The summed E-state index contributed by atoms with van der Waals surface area (Å²) in [5, 5.41) is 3.51. The molecule has 0 fully saturated rings. The van der Waals surface area contributed by atoms with Crippen LogP contribution in [-0.4, -0.2) is 6.54 Å². The van der Waals surface area contributed by atoms with Crippen LogP contribution in [0.15, 0.2) is 24.3 Å². The van der Waals surface area contributed by atoms with Crippen LogP contribution in [-0.2, 0) is 5.41 Å². The number of nitrogens with one attached hydrogen (secondary N) is 1. The van der Waals surface area contributed by atoms with Crippen molar-refractivity contribution in [2.75, 3.05) is 11.9 Å². The fraction of sp³-hybridized carbons (Fsp3) is 0.571. The molecule has 15 heavy (non-hydrogen) atoms. The van der Waals surface area contributed by atoms with E-state index in [1.54, 1.807) is 0 Å². The van der Waals surface area contributed by atoms with Crippen molar-refractivity contribution in [3.8, 4) is 0 Å². The smallest absolute Gasteiger partial charge is 0.0378 e. The van der Waals surface area contributed by atoms with E-state index in [-0.39, 0.29) is 0 Å². The van der Waals surface area contributed by atoms with Crippen LogP contribution in [0, 0.1) is 5.92 Å². The van der Waals surface area contributed by atoms with Gasteiger partial charge < -0.3 is 5.32 Å². The Balaban J connectivity index is 2.52. The van der Waals surface area contributed by atoms with Gasteiger partial charge >= 0.3 is 0 Å². The largest absolute Gasteiger partial charge is 0.385 e. The molecule has 0 radical (unpaired) electrons. The summed E-state index contributed by atoms with van der Waals surface area (Å²) in [5.74, 6) is 0.714. The van der Waals surface area contributed by atoms with E-state index in [0.29, 0.717) is 11.3 Å². The molecule has 1 nitrogen and oxygen atoms in total. The van der Waals surface area contributed by atoms with Crippen molar-refractivity contribution in [1.82, 2.24) is 0 Å². The van der Waals surface area contributed by atoms with E-state index in [1.165, 1.54) is 24.1 Å². The zero-order valence-electron chi connectivity index (χ0n) is 10.0. The average molecular weight is 203 g/mol. The fourth-order valence-electron chi connectivity index (χ4n) is 3.00. The van der Waals surface area contributed by atoms with Gasteiger partial charge in [-0.25, -0.2) is 0 Å². The minimum atomic E-state index is 0.391. The normalized spacial score (nSPS) is 24.8. The lowest BCUT2D eigenvalue weighted by Gasteiger charge is -2.42. The molecule has 0 amide bonds. The highest BCUT2D eigenvalue weighted by molar-refractivity contribution is 5.57. The van der Waals surface area contributed by atoms with Gasteiger partial charge in [0.25, 0.3) is 0 Å². The SMILES string of the molecule is CCC1(C(C)C)CCNc2ccccc21. The predicted molar refractivity (Wildman–Crippen MR) is 66.4 cm³/mol. The molecule has 1 aromatic rings. The molecule has 0 aliphatic carbocycles. The third-order valence-electron chi connectivity index (χ3n) is 4.09. The quantitative estimate of drug-likeness (QED) is 0.770.